The topological polar surface area (TPSA) is 46.4 Å². The molecule has 4 nitrogen and oxygen atoms in total. The van der Waals surface area contributed by atoms with Crippen molar-refractivity contribution in [1.29, 1.82) is 0 Å². The molecule has 0 aliphatic rings. The number of fused-ring (bicyclic) bond motifs is 1. The Hall–Kier alpha value is -2.15. The van der Waals surface area contributed by atoms with E-state index in [0.29, 0.717) is 5.56 Å². The summed E-state index contributed by atoms with van der Waals surface area (Å²) in [4.78, 5) is 12.0. The normalized spacial score (nSPS) is 11.2. The second-order valence-electron chi connectivity index (χ2n) is 4.92. The van der Waals surface area contributed by atoms with E-state index in [0.717, 1.165) is 20.0 Å². The van der Waals surface area contributed by atoms with E-state index in [1.165, 1.54) is 0 Å². The Bertz CT molecular complexity index is 850. The van der Waals surface area contributed by atoms with Crippen LogP contribution in [-0.2, 0) is 7.05 Å². The van der Waals surface area contributed by atoms with Crippen molar-refractivity contribution in [3.8, 4) is 0 Å². The van der Waals surface area contributed by atoms with Gasteiger partial charge in [0.25, 0.3) is 5.91 Å². The van der Waals surface area contributed by atoms with Crippen LogP contribution < -0.4 is 5.43 Å². The van der Waals surface area contributed by atoms with E-state index in [9.17, 15) is 4.79 Å². The van der Waals surface area contributed by atoms with Crippen molar-refractivity contribution in [2.24, 2.45) is 12.1 Å². The summed E-state index contributed by atoms with van der Waals surface area (Å²) in [6.07, 6.45) is 3.66. The van der Waals surface area contributed by atoms with E-state index >= 15 is 0 Å². The molecule has 0 saturated carbocycles. The van der Waals surface area contributed by atoms with Crippen LogP contribution in [0.1, 0.15) is 15.9 Å². The maximum Gasteiger partial charge on any atom is 0.271 e. The second-order valence-corrected chi connectivity index (χ2v) is 6.16. The zero-order valence-corrected chi connectivity index (χ0v) is 14.1. The molecule has 0 radical (unpaired) electrons. The number of carbonyl (C=O) groups is 1. The molecule has 0 saturated heterocycles. The number of nitrogens with one attached hydrogen (secondary N) is 1. The number of halogens is 1. The van der Waals surface area contributed by atoms with Gasteiger partial charge in [-0.25, -0.2) is 5.43 Å². The zero-order chi connectivity index (χ0) is 15.5. The predicted octanol–water partition coefficient (Wildman–Crippen LogP) is 3.55. The van der Waals surface area contributed by atoms with Crippen LogP contribution in [0.2, 0.25) is 0 Å². The fourth-order valence-electron chi connectivity index (χ4n) is 2.30. The molecule has 3 rings (SSSR count). The Morgan fingerprint density at radius 1 is 1.18 bits per heavy atom. The molecular weight excluding hydrogens is 389 g/mol. The van der Waals surface area contributed by atoms with Crippen LogP contribution in [0, 0.1) is 3.57 Å². The SMILES string of the molecule is Cn1cc(/C=N\NC(=O)c2ccc(I)cc2)c2ccccc21. The lowest BCUT2D eigenvalue weighted by Gasteiger charge is -1.99. The van der Waals surface area contributed by atoms with Crippen LogP contribution in [0.5, 0.6) is 0 Å². The summed E-state index contributed by atoms with van der Waals surface area (Å²) in [7, 11) is 1.99. The van der Waals surface area contributed by atoms with Gasteiger partial charge >= 0.3 is 0 Å². The van der Waals surface area contributed by atoms with Gasteiger partial charge in [0.2, 0.25) is 0 Å². The maximum absolute atomic E-state index is 12.0. The summed E-state index contributed by atoms with van der Waals surface area (Å²) in [5, 5.41) is 5.17. The van der Waals surface area contributed by atoms with E-state index < -0.39 is 0 Å². The quantitative estimate of drug-likeness (QED) is 0.406. The second kappa shape index (κ2) is 6.31. The molecule has 3 aromatic rings. The summed E-state index contributed by atoms with van der Waals surface area (Å²) in [6.45, 7) is 0. The van der Waals surface area contributed by atoms with Crippen molar-refractivity contribution >= 4 is 45.6 Å². The average molecular weight is 403 g/mol. The predicted molar refractivity (Wildman–Crippen MR) is 97.1 cm³/mol. The highest BCUT2D eigenvalue weighted by atomic mass is 127. The summed E-state index contributed by atoms with van der Waals surface area (Å²) in [6, 6.07) is 15.4. The minimum absolute atomic E-state index is 0.215. The van der Waals surface area contributed by atoms with Crippen molar-refractivity contribution in [3.05, 3.63) is 69.4 Å². The first kappa shape index (κ1) is 14.8. The van der Waals surface area contributed by atoms with Gasteiger partial charge in [0.05, 0.1) is 6.21 Å². The van der Waals surface area contributed by atoms with E-state index in [1.54, 1.807) is 18.3 Å². The number of amides is 1. The van der Waals surface area contributed by atoms with Crippen LogP contribution in [0.4, 0.5) is 0 Å². The van der Waals surface area contributed by atoms with Crippen LogP contribution in [0.25, 0.3) is 10.9 Å². The molecule has 0 atom stereocenters. The lowest BCUT2D eigenvalue weighted by Crippen LogP contribution is -2.17. The van der Waals surface area contributed by atoms with Gasteiger partial charge in [-0.3, -0.25) is 4.79 Å². The van der Waals surface area contributed by atoms with Gasteiger partial charge < -0.3 is 4.57 Å². The Morgan fingerprint density at radius 2 is 1.91 bits per heavy atom. The largest absolute Gasteiger partial charge is 0.350 e. The van der Waals surface area contributed by atoms with Gasteiger partial charge in [-0.1, -0.05) is 18.2 Å². The first-order valence-corrected chi connectivity index (χ1v) is 7.86. The van der Waals surface area contributed by atoms with Crippen LogP contribution >= 0.6 is 22.6 Å². The lowest BCUT2D eigenvalue weighted by atomic mass is 10.2. The molecule has 5 heteroatoms. The van der Waals surface area contributed by atoms with Crippen LogP contribution in [0.3, 0.4) is 0 Å². The van der Waals surface area contributed by atoms with Gasteiger partial charge in [-0.05, 0) is 52.9 Å². The molecule has 1 aromatic heterocycles. The van der Waals surface area contributed by atoms with E-state index in [4.69, 9.17) is 0 Å². The minimum Gasteiger partial charge on any atom is -0.350 e. The molecule has 1 N–H and O–H groups in total. The molecule has 22 heavy (non-hydrogen) atoms. The highest BCUT2D eigenvalue weighted by Gasteiger charge is 2.05. The van der Waals surface area contributed by atoms with E-state index in [-0.39, 0.29) is 5.91 Å². The number of hydrazone groups is 1. The molecule has 0 bridgehead atoms. The Labute approximate surface area is 142 Å². The fourth-order valence-corrected chi connectivity index (χ4v) is 2.66. The molecule has 1 heterocycles. The number of carbonyl (C=O) groups excluding carboxylic acids is 1. The molecular formula is C17H14IN3O. The Morgan fingerprint density at radius 3 is 2.68 bits per heavy atom. The van der Waals surface area contributed by atoms with Crippen molar-refractivity contribution in [2.75, 3.05) is 0 Å². The standard InChI is InChI=1S/C17H14IN3O/c1-21-11-13(15-4-2-3-5-16(15)21)10-19-20-17(22)12-6-8-14(18)9-7-12/h2-11H,1H3,(H,20,22)/b19-10-. The molecule has 0 spiro atoms. The van der Waals surface area contributed by atoms with Crippen molar-refractivity contribution in [2.45, 2.75) is 0 Å². The number of hydrogen-bond acceptors (Lipinski definition) is 2. The van der Waals surface area contributed by atoms with Gasteiger partial charge in [-0.2, -0.15) is 5.10 Å². The summed E-state index contributed by atoms with van der Waals surface area (Å²) in [5.41, 5.74) is 5.26. The van der Waals surface area contributed by atoms with Gasteiger partial charge in [0.15, 0.2) is 0 Å². The summed E-state index contributed by atoms with van der Waals surface area (Å²) >= 11 is 2.20. The summed E-state index contributed by atoms with van der Waals surface area (Å²) < 4.78 is 3.13. The van der Waals surface area contributed by atoms with Gasteiger partial charge in [-0.15, -0.1) is 0 Å². The fraction of sp³-hybridized carbons (Fsp3) is 0.0588. The molecule has 0 fully saturated rings. The van der Waals surface area contributed by atoms with Crippen molar-refractivity contribution in [3.63, 3.8) is 0 Å². The highest BCUT2D eigenvalue weighted by molar-refractivity contribution is 14.1. The Balaban J connectivity index is 1.76. The minimum atomic E-state index is -0.215. The van der Waals surface area contributed by atoms with Crippen LogP contribution in [-0.4, -0.2) is 16.7 Å². The molecule has 110 valence electrons. The molecule has 0 unspecified atom stereocenters. The average Bonchev–Trinajstić information content (AvgIpc) is 2.85. The molecule has 1 amide bonds. The van der Waals surface area contributed by atoms with E-state index in [1.807, 2.05) is 48.1 Å². The van der Waals surface area contributed by atoms with E-state index in [2.05, 4.69) is 39.2 Å². The van der Waals surface area contributed by atoms with Crippen molar-refractivity contribution < 1.29 is 4.79 Å². The first-order chi connectivity index (χ1) is 10.6. The summed E-state index contributed by atoms with van der Waals surface area (Å²) in [5.74, 6) is -0.215. The highest BCUT2D eigenvalue weighted by Crippen LogP contribution is 2.18. The number of nitrogens with zero attached hydrogens (tertiary/aromatic N) is 2. The lowest BCUT2D eigenvalue weighted by molar-refractivity contribution is 0.0955. The third-order valence-electron chi connectivity index (χ3n) is 3.40. The smallest absolute Gasteiger partial charge is 0.271 e. The third-order valence-corrected chi connectivity index (χ3v) is 4.12. The Kier molecular flexibility index (Phi) is 4.24. The third kappa shape index (κ3) is 3.04. The number of rotatable bonds is 3. The molecule has 0 aliphatic heterocycles. The maximum atomic E-state index is 12.0. The molecule has 0 aliphatic carbocycles. The van der Waals surface area contributed by atoms with Gasteiger partial charge in [0.1, 0.15) is 0 Å². The number of para-hydroxylation sites is 1. The molecule has 2 aromatic carbocycles. The number of benzene rings is 2. The number of aryl methyl sites for hydroxylation is 1. The first-order valence-electron chi connectivity index (χ1n) is 6.78. The van der Waals surface area contributed by atoms with Gasteiger partial charge in [0, 0.05) is 38.8 Å². The van der Waals surface area contributed by atoms with Crippen molar-refractivity contribution in [1.82, 2.24) is 9.99 Å². The zero-order valence-electron chi connectivity index (χ0n) is 12.0. The number of hydrogen-bond donors (Lipinski definition) is 1. The monoisotopic (exact) mass is 403 g/mol. The number of aromatic nitrogens is 1. The van der Waals surface area contributed by atoms with Crippen LogP contribution in [0.15, 0.2) is 59.8 Å².